The first-order valence-corrected chi connectivity index (χ1v) is 13.6. The van der Waals surface area contributed by atoms with Gasteiger partial charge in [-0.15, -0.1) is 0 Å². The van der Waals surface area contributed by atoms with Crippen molar-refractivity contribution in [2.45, 2.75) is 70.1 Å². The fourth-order valence-corrected chi connectivity index (χ4v) is 5.84. The topological polar surface area (TPSA) is 60.9 Å². The summed E-state index contributed by atoms with van der Waals surface area (Å²) in [6, 6.07) is 2.89. The molecule has 1 N–H and O–H groups in total. The molecule has 0 aliphatic carbocycles. The molecule has 1 aromatic rings. The smallest absolute Gasteiger partial charge is 0.242 e. The number of sulfonamides is 1. The maximum absolute atomic E-state index is 12.9. The van der Waals surface area contributed by atoms with Gasteiger partial charge in [0.05, 0.1) is 13.8 Å². The Balaban J connectivity index is 2.71. The summed E-state index contributed by atoms with van der Waals surface area (Å²) in [6.07, 6.45) is 9.72. The molecule has 8 heteroatoms. The number of nitrogens with zero attached hydrogens (tertiary/aromatic N) is 2. The first-order valence-electron chi connectivity index (χ1n) is 10.6. The van der Waals surface area contributed by atoms with E-state index in [9.17, 15) is 13.5 Å². The van der Waals surface area contributed by atoms with Crippen LogP contribution in [0.25, 0.3) is 0 Å². The predicted molar refractivity (Wildman–Crippen MR) is 128 cm³/mol. The average Bonchev–Trinajstić information content (AvgIpc) is 2.69. The molecule has 29 heavy (non-hydrogen) atoms. The number of likely N-dealkylation sites (N-methyl/N-ethyl adjacent to an activating group) is 1. The number of aromatic hydroxyl groups is 1. The molecule has 0 radical (unpaired) electrons. The third-order valence-electron chi connectivity index (χ3n) is 5.09. The second kappa shape index (κ2) is 14.0. The van der Waals surface area contributed by atoms with Crippen LogP contribution in [0.15, 0.2) is 26.0 Å². The third-order valence-corrected chi connectivity index (χ3v) is 8.13. The van der Waals surface area contributed by atoms with Gasteiger partial charge in [0.15, 0.2) is 0 Å². The molecule has 0 unspecified atom stereocenters. The highest BCUT2D eigenvalue weighted by Gasteiger charge is 2.23. The van der Waals surface area contributed by atoms with Crippen molar-refractivity contribution in [2.75, 3.05) is 33.2 Å². The number of rotatable bonds is 15. The van der Waals surface area contributed by atoms with Gasteiger partial charge >= 0.3 is 0 Å². The molecule has 0 saturated carbocycles. The van der Waals surface area contributed by atoms with Gasteiger partial charge in [0.1, 0.15) is 5.75 Å². The zero-order chi connectivity index (χ0) is 21.9. The molecule has 0 fully saturated rings. The largest absolute Gasteiger partial charge is 0.506 e. The van der Waals surface area contributed by atoms with Crippen LogP contribution in [-0.4, -0.2) is 56.0 Å². The molecule has 168 valence electrons. The normalized spacial score (nSPS) is 12.2. The highest BCUT2D eigenvalue weighted by atomic mass is 79.9. The lowest BCUT2D eigenvalue weighted by Crippen LogP contribution is -2.37. The van der Waals surface area contributed by atoms with Crippen LogP contribution >= 0.6 is 31.9 Å². The molecule has 0 heterocycles. The standard InChI is InChI=1S/C21H36Br2N2O3S/c1-4-6-8-10-12-25(13-11-9-7-5-2)15-14-24(3)29(27,28)18-16-19(22)21(26)20(23)17-18/h16-17,26H,4-15H2,1-3H3. The first-order chi connectivity index (χ1) is 13.7. The molecule has 0 atom stereocenters. The number of hydrogen-bond donors (Lipinski definition) is 1. The summed E-state index contributed by atoms with van der Waals surface area (Å²) < 4.78 is 28.0. The average molecular weight is 556 g/mol. The Hall–Kier alpha value is -0.150. The van der Waals surface area contributed by atoms with Crippen molar-refractivity contribution in [2.24, 2.45) is 0 Å². The van der Waals surface area contributed by atoms with Crippen molar-refractivity contribution >= 4 is 41.9 Å². The molecule has 0 aliphatic heterocycles. The number of phenolic OH excluding ortho intramolecular Hbond substituents is 1. The zero-order valence-corrected chi connectivity index (χ0v) is 22.0. The first kappa shape index (κ1) is 26.9. The van der Waals surface area contributed by atoms with E-state index in [1.165, 1.54) is 55.0 Å². The van der Waals surface area contributed by atoms with Gasteiger partial charge in [0.2, 0.25) is 10.0 Å². The predicted octanol–water partition coefficient (Wildman–Crippen LogP) is 6.00. The molecular weight excluding hydrogens is 520 g/mol. The molecule has 1 aromatic carbocycles. The van der Waals surface area contributed by atoms with Crippen LogP contribution < -0.4 is 0 Å². The maximum Gasteiger partial charge on any atom is 0.242 e. The Kier molecular flexibility index (Phi) is 13.0. The minimum atomic E-state index is -3.62. The molecule has 0 aliphatic rings. The molecule has 0 amide bonds. The van der Waals surface area contributed by atoms with Gasteiger partial charge in [0, 0.05) is 20.1 Å². The summed E-state index contributed by atoms with van der Waals surface area (Å²) in [4.78, 5) is 2.56. The van der Waals surface area contributed by atoms with Gasteiger partial charge in [-0.3, -0.25) is 0 Å². The molecule has 0 saturated heterocycles. The number of benzene rings is 1. The number of halogens is 2. The van der Waals surface area contributed by atoms with Crippen LogP contribution in [-0.2, 0) is 10.0 Å². The van der Waals surface area contributed by atoms with E-state index in [-0.39, 0.29) is 10.6 Å². The Bertz CT molecular complexity index is 679. The van der Waals surface area contributed by atoms with Crippen molar-refractivity contribution in [1.82, 2.24) is 9.21 Å². The van der Waals surface area contributed by atoms with E-state index in [0.29, 0.717) is 15.5 Å². The lowest BCUT2D eigenvalue weighted by molar-refractivity contribution is 0.246. The van der Waals surface area contributed by atoms with E-state index < -0.39 is 10.0 Å². The van der Waals surface area contributed by atoms with E-state index >= 15 is 0 Å². The van der Waals surface area contributed by atoms with Gasteiger partial charge in [-0.1, -0.05) is 52.4 Å². The van der Waals surface area contributed by atoms with Crippen molar-refractivity contribution in [1.29, 1.82) is 0 Å². The van der Waals surface area contributed by atoms with Gasteiger partial charge in [0.25, 0.3) is 0 Å². The number of hydrogen-bond acceptors (Lipinski definition) is 4. The Morgan fingerprint density at radius 2 is 1.31 bits per heavy atom. The highest BCUT2D eigenvalue weighted by molar-refractivity contribution is 9.11. The van der Waals surface area contributed by atoms with E-state index in [1.54, 1.807) is 7.05 Å². The van der Waals surface area contributed by atoms with Gasteiger partial charge in [-0.2, -0.15) is 4.31 Å². The summed E-state index contributed by atoms with van der Waals surface area (Å²) >= 11 is 6.42. The van der Waals surface area contributed by atoms with Crippen LogP contribution in [0.4, 0.5) is 0 Å². The molecule has 0 aromatic heterocycles. The monoisotopic (exact) mass is 554 g/mol. The molecule has 5 nitrogen and oxygen atoms in total. The minimum Gasteiger partial charge on any atom is -0.506 e. The van der Waals surface area contributed by atoms with Crippen LogP contribution in [0.1, 0.15) is 65.2 Å². The molecule has 0 bridgehead atoms. The lowest BCUT2D eigenvalue weighted by Gasteiger charge is -2.25. The van der Waals surface area contributed by atoms with Crippen molar-refractivity contribution in [3.05, 3.63) is 21.1 Å². The van der Waals surface area contributed by atoms with Crippen LogP contribution in [0, 0.1) is 0 Å². The highest BCUT2D eigenvalue weighted by Crippen LogP contribution is 2.35. The summed E-state index contributed by atoms with van der Waals surface area (Å²) in [7, 11) is -2.00. The van der Waals surface area contributed by atoms with Gasteiger partial charge in [-0.05, 0) is 69.9 Å². The Labute approximate surface area is 194 Å². The third kappa shape index (κ3) is 9.25. The lowest BCUT2D eigenvalue weighted by atomic mass is 10.1. The zero-order valence-electron chi connectivity index (χ0n) is 18.0. The fourth-order valence-electron chi connectivity index (χ4n) is 3.13. The SMILES string of the molecule is CCCCCCN(CCCCCC)CCN(C)S(=O)(=O)c1cc(Br)c(O)c(Br)c1. The van der Waals surface area contributed by atoms with Gasteiger partial charge < -0.3 is 10.0 Å². The summed E-state index contributed by atoms with van der Waals surface area (Å²) in [5, 5.41) is 9.84. The van der Waals surface area contributed by atoms with Crippen LogP contribution in [0.2, 0.25) is 0 Å². The maximum atomic E-state index is 12.9. The van der Waals surface area contributed by atoms with E-state index in [4.69, 9.17) is 0 Å². The second-order valence-electron chi connectivity index (χ2n) is 7.53. The Morgan fingerprint density at radius 3 is 1.76 bits per heavy atom. The van der Waals surface area contributed by atoms with E-state index in [2.05, 4.69) is 50.6 Å². The van der Waals surface area contributed by atoms with Crippen molar-refractivity contribution in [3.63, 3.8) is 0 Å². The quantitative estimate of drug-likeness (QED) is 0.269. The second-order valence-corrected chi connectivity index (χ2v) is 11.3. The molecule has 1 rings (SSSR count). The number of phenols is 1. The summed E-state index contributed by atoms with van der Waals surface area (Å²) in [6.45, 7) is 7.64. The molecular formula is C21H36Br2N2O3S. The van der Waals surface area contributed by atoms with E-state index in [1.807, 2.05) is 0 Å². The van der Waals surface area contributed by atoms with Crippen LogP contribution in [0.3, 0.4) is 0 Å². The number of unbranched alkanes of at least 4 members (excludes halogenated alkanes) is 6. The molecule has 0 spiro atoms. The van der Waals surface area contributed by atoms with Crippen LogP contribution in [0.5, 0.6) is 5.75 Å². The van der Waals surface area contributed by atoms with Gasteiger partial charge in [-0.25, -0.2) is 8.42 Å². The summed E-state index contributed by atoms with van der Waals surface area (Å²) in [5.74, 6) is -0.00284. The fraction of sp³-hybridized carbons (Fsp3) is 0.714. The van der Waals surface area contributed by atoms with Crippen molar-refractivity contribution in [3.8, 4) is 5.75 Å². The van der Waals surface area contributed by atoms with E-state index in [0.717, 1.165) is 32.5 Å². The Morgan fingerprint density at radius 1 is 0.828 bits per heavy atom. The minimum absolute atomic E-state index is 0.00284. The van der Waals surface area contributed by atoms with Crippen molar-refractivity contribution < 1.29 is 13.5 Å². The summed E-state index contributed by atoms with van der Waals surface area (Å²) in [5.41, 5.74) is 0.